The molecule has 6 nitrogen and oxygen atoms in total. The molecule has 1 aliphatic heterocycles. The van der Waals surface area contributed by atoms with Crippen LogP contribution in [-0.2, 0) is 16.1 Å². The molecule has 0 aromatic heterocycles. The second kappa shape index (κ2) is 11.6. The van der Waals surface area contributed by atoms with Crippen molar-refractivity contribution in [3.63, 3.8) is 0 Å². The summed E-state index contributed by atoms with van der Waals surface area (Å²) in [6.07, 6.45) is 6.64. The highest BCUT2D eigenvalue weighted by atomic mass is 16.2. The Balaban J connectivity index is 1.59. The van der Waals surface area contributed by atoms with Crippen LogP contribution in [0, 0.1) is 11.8 Å². The van der Waals surface area contributed by atoms with E-state index in [1.165, 1.54) is 25.3 Å². The third-order valence-electron chi connectivity index (χ3n) is 6.75. The summed E-state index contributed by atoms with van der Waals surface area (Å²) in [5, 5.41) is 6.06. The Hall–Kier alpha value is -2.21. The molecule has 0 bridgehead atoms. The molecule has 176 valence electrons. The summed E-state index contributed by atoms with van der Waals surface area (Å²) in [4.78, 5) is 40.3. The van der Waals surface area contributed by atoms with E-state index in [2.05, 4.69) is 15.5 Å². The van der Waals surface area contributed by atoms with Crippen molar-refractivity contribution in [1.82, 2.24) is 15.5 Å². The van der Waals surface area contributed by atoms with Gasteiger partial charge in [-0.25, -0.2) is 0 Å². The molecule has 32 heavy (non-hydrogen) atoms. The highest BCUT2D eigenvalue weighted by Gasteiger charge is 2.33. The molecule has 1 aliphatic carbocycles. The predicted octanol–water partition coefficient (Wildman–Crippen LogP) is 3.69. The average Bonchev–Trinajstić information content (AvgIpc) is 3.26. The van der Waals surface area contributed by atoms with Crippen LogP contribution in [-0.4, -0.2) is 47.7 Å². The lowest BCUT2D eigenvalue weighted by Crippen LogP contribution is -2.51. The second-order valence-corrected chi connectivity index (χ2v) is 9.95. The Morgan fingerprint density at radius 1 is 1.00 bits per heavy atom. The molecular formula is C26H39N3O3. The van der Waals surface area contributed by atoms with Crippen molar-refractivity contribution in [2.45, 2.75) is 84.3 Å². The van der Waals surface area contributed by atoms with Gasteiger partial charge in [0.2, 0.25) is 5.91 Å². The quantitative estimate of drug-likeness (QED) is 0.613. The van der Waals surface area contributed by atoms with Crippen LogP contribution in [0.3, 0.4) is 0 Å². The van der Waals surface area contributed by atoms with Crippen molar-refractivity contribution < 1.29 is 14.4 Å². The minimum Gasteiger partial charge on any atom is -0.349 e. The Bertz CT molecular complexity index is 784. The van der Waals surface area contributed by atoms with E-state index in [0.717, 1.165) is 45.3 Å². The standard InChI is InChI=1S/C26H39N3O3/c1-18(2)16-24(19(3)30)28-26(32)22-8-4-5-9-23(22)27-25(31)21-12-10-20(11-13-21)17-29-14-6-7-15-29/h10-13,18,22-24H,4-9,14-17H2,1-3H3,(H,27,31)(H,28,32)/t22-,23+,24?/m1/s1. The van der Waals surface area contributed by atoms with Gasteiger partial charge in [-0.15, -0.1) is 0 Å². The molecule has 0 spiro atoms. The molecular weight excluding hydrogens is 402 g/mol. The second-order valence-electron chi connectivity index (χ2n) is 9.95. The largest absolute Gasteiger partial charge is 0.349 e. The molecule has 1 aromatic carbocycles. The summed E-state index contributed by atoms with van der Waals surface area (Å²) in [6.45, 7) is 8.84. The molecule has 1 unspecified atom stereocenters. The van der Waals surface area contributed by atoms with Crippen molar-refractivity contribution >= 4 is 17.6 Å². The molecule has 1 aromatic rings. The van der Waals surface area contributed by atoms with Gasteiger partial charge in [-0.3, -0.25) is 19.3 Å². The van der Waals surface area contributed by atoms with Gasteiger partial charge in [-0.1, -0.05) is 38.8 Å². The molecule has 2 amide bonds. The molecule has 2 N–H and O–H groups in total. The summed E-state index contributed by atoms with van der Waals surface area (Å²) in [7, 11) is 0. The van der Waals surface area contributed by atoms with Gasteiger partial charge in [0.25, 0.3) is 5.91 Å². The summed E-state index contributed by atoms with van der Waals surface area (Å²) < 4.78 is 0. The highest BCUT2D eigenvalue weighted by molar-refractivity contribution is 5.95. The monoisotopic (exact) mass is 441 g/mol. The van der Waals surface area contributed by atoms with Crippen molar-refractivity contribution in [2.24, 2.45) is 11.8 Å². The van der Waals surface area contributed by atoms with Gasteiger partial charge in [0.1, 0.15) is 0 Å². The Kier molecular flexibility index (Phi) is 8.85. The minimum absolute atomic E-state index is 0.0162. The fourth-order valence-corrected chi connectivity index (χ4v) is 4.91. The molecule has 1 saturated carbocycles. The van der Waals surface area contributed by atoms with Crippen LogP contribution in [0.1, 0.15) is 81.6 Å². The number of hydrogen-bond acceptors (Lipinski definition) is 4. The van der Waals surface area contributed by atoms with E-state index in [0.29, 0.717) is 17.9 Å². The van der Waals surface area contributed by atoms with E-state index >= 15 is 0 Å². The van der Waals surface area contributed by atoms with Gasteiger partial charge in [-0.2, -0.15) is 0 Å². The summed E-state index contributed by atoms with van der Waals surface area (Å²) in [5.74, 6) is -0.238. The van der Waals surface area contributed by atoms with Gasteiger partial charge in [0.15, 0.2) is 5.78 Å². The van der Waals surface area contributed by atoms with Gasteiger partial charge in [0, 0.05) is 18.2 Å². The third kappa shape index (κ3) is 6.89. The average molecular weight is 442 g/mol. The zero-order chi connectivity index (χ0) is 23.1. The SMILES string of the molecule is CC(=O)C(CC(C)C)NC(=O)[C@@H]1CCCC[C@@H]1NC(=O)c1ccc(CN2CCCC2)cc1. The number of rotatable bonds is 9. The fourth-order valence-electron chi connectivity index (χ4n) is 4.91. The minimum atomic E-state index is -0.455. The fraction of sp³-hybridized carbons (Fsp3) is 0.654. The Morgan fingerprint density at radius 2 is 1.66 bits per heavy atom. The zero-order valence-electron chi connectivity index (χ0n) is 19.9. The van der Waals surface area contributed by atoms with Crippen LogP contribution >= 0.6 is 0 Å². The molecule has 1 saturated heterocycles. The zero-order valence-corrected chi connectivity index (χ0v) is 19.9. The van der Waals surface area contributed by atoms with E-state index in [9.17, 15) is 14.4 Å². The van der Waals surface area contributed by atoms with E-state index in [4.69, 9.17) is 0 Å². The number of amides is 2. The first-order chi connectivity index (χ1) is 15.3. The van der Waals surface area contributed by atoms with Crippen molar-refractivity contribution in [1.29, 1.82) is 0 Å². The number of carbonyl (C=O) groups is 3. The Labute approximate surface area is 192 Å². The van der Waals surface area contributed by atoms with Gasteiger partial charge < -0.3 is 10.6 Å². The lowest BCUT2D eigenvalue weighted by Gasteiger charge is -2.32. The number of benzene rings is 1. The van der Waals surface area contributed by atoms with Gasteiger partial charge >= 0.3 is 0 Å². The lowest BCUT2D eigenvalue weighted by atomic mass is 9.83. The van der Waals surface area contributed by atoms with Crippen LogP contribution in [0.4, 0.5) is 0 Å². The van der Waals surface area contributed by atoms with Crippen molar-refractivity contribution in [3.8, 4) is 0 Å². The van der Waals surface area contributed by atoms with Crippen LogP contribution in [0.25, 0.3) is 0 Å². The summed E-state index contributed by atoms with van der Waals surface area (Å²) in [5.41, 5.74) is 1.85. The molecule has 2 aliphatic rings. The van der Waals surface area contributed by atoms with Gasteiger partial charge in [-0.05, 0) is 75.7 Å². The topological polar surface area (TPSA) is 78.5 Å². The first kappa shape index (κ1) is 24.4. The van der Waals surface area contributed by atoms with Crippen molar-refractivity contribution in [3.05, 3.63) is 35.4 Å². The molecule has 1 heterocycles. The summed E-state index contributed by atoms with van der Waals surface area (Å²) in [6, 6.07) is 7.17. The van der Waals surface area contributed by atoms with Crippen LogP contribution < -0.4 is 10.6 Å². The maximum atomic E-state index is 13.0. The van der Waals surface area contributed by atoms with E-state index in [1.54, 1.807) is 0 Å². The number of carbonyl (C=O) groups excluding carboxylic acids is 3. The van der Waals surface area contributed by atoms with E-state index < -0.39 is 6.04 Å². The molecule has 3 atom stereocenters. The molecule has 3 rings (SSSR count). The molecule has 6 heteroatoms. The van der Waals surface area contributed by atoms with Crippen molar-refractivity contribution in [2.75, 3.05) is 13.1 Å². The number of nitrogens with zero attached hydrogens (tertiary/aromatic N) is 1. The summed E-state index contributed by atoms with van der Waals surface area (Å²) >= 11 is 0. The number of likely N-dealkylation sites (tertiary alicyclic amines) is 1. The van der Waals surface area contributed by atoms with Crippen LogP contribution in [0.5, 0.6) is 0 Å². The smallest absolute Gasteiger partial charge is 0.251 e. The van der Waals surface area contributed by atoms with Crippen LogP contribution in [0.15, 0.2) is 24.3 Å². The lowest BCUT2D eigenvalue weighted by molar-refractivity contribution is -0.131. The first-order valence-corrected chi connectivity index (χ1v) is 12.3. The Morgan fingerprint density at radius 3 is 2.28 bits per heavy atom. The first-order valence-electron chi connectivity index (χ1n) is 12.3. The van der Waals surface area contributed by atoms with Gasteiger partial charge in [0.05, 0.1) is 12.0 Å². The molecule has 0 radical (unpaired) electrons. The third-order valence-corrected chi connectivity index (χ3v) is 6.75. The highest BCUT2D eigenvalue weighted by Crippen LogP contribution is 2.26. The number of ketones is 1. The predicted molar refractivity (Wildman–Crippen MR) is 126 cm³/mol. The number of Topliss-reactive ketones (excluding diaryl/α,β-unsaturated/α-hetero) is 1. The number of nitrogens with one attached hydrogen (secondary N) is 2. The van der Waals surface area contributed by atoms with E-state index in [-0.39, 0.29) is 29.6 Å². The maximum absolute atomic E-state index is 13.0. The van der Waals surface area contributed by atoms with Crippen LogP contribution in [0.2, 0.25) is 0 Å². The maximum Gasteiger partial charge on any atom is 0.251 e. The normalized spacial score (nSPS) is 22.5. The molecule has 2 fully saturated rings. The number of hydrogen-bond donors (Lipinski definition) is 2. The van der Waals surface area contributed by atoms with E-state index in [1.807, 2.05) is 38.1 Å².